The van der Waals surface area contributed by atoms with Crippen LogP contribution in [0.3, 0.4) is 0 Å². The molecule has 3 heterocycles. The third-order valence-corrected chi connectivity index (χ3v) is 5.79. The number of carbonyl (C=O) groups is 2. The molecule has 0 aliphatic carbocycles. The lowest BCUT2D eigenvalue weighted by molar-refractivity contribution is -0.138. The molecule has 0 radical (unpaired) electrons. The Morgan fingerprint density at radius 1 is 1.33 bits per heavy atom. The second-order valence-electron chi connectivity index (χ2n) is 8.13. The van der Waals surface area contributed by atoms with Crippen molar-refractivity contribution in [2.24, 2.45) is 5.41 Å². The highest BCUT2D eigenvalue weighted by Gasteiger charge is 2.41. The molecular formula is C20H31N5O2. The third-order valence-electron chi connectivity index (χ3n) is 5.79. The van der Waals surface area contributed by atoms with Gasteiger partial charge in [0.2, 0.25) is 5.91 Å². The minimum absolute atomic E-state index is 0.0940. The van der Waals surface area contributed by atoms with Gasteiger partial charge in [-0.3, -0.25) is 9.59 Å². The van der Waals surface area contributed by atoms with Gasteiger partial charge in [0.1, 0.15) is 5.82 Å². The Balaban J connectivity index is 1.73. The van der Waals surface area contributed by atoms with E-state index in [1.54, 1.807) is 19.3 Å². The number of likely N-dealkylation sites (N-methyl/N-ethyl adjacent to an activating group) is 1. The lowest BCUT2D eigenvalue weighted by atomic mass is 9.73. The summed E-state index contributed by atoms with van der Waals surface area (Å²) in [6, 6.07) is 3.61. The maximum absolute atomic E-state index is 12.4. The predicted molar refractivity (Wildman–Crippen MR) is 106 cm³/mol. The molecule has 2 aliphatic heterocycles. The van der Waals surface area contributed by atoms with E-state index < -0.39 is 0 Å². The van der Waals surface area contributed by atoms with Gasteiger partial charge in [-0.2, -0.15) is 0 Å². The van der Waals surface area contributed by atoms with E-state index in [1.165, 1.54) is 0 Å². The molecule has 3 rings (SSSR count). The van der Waals surface area contributed by atoms with Crippen LogP contribution >= 0.6 is 0 Å². The normalized spacial score (nSPS) is 23.2. The first-order valence-corrected chi connectivity index (χ1v) is 9.78. The number of hydrogen-bond donors (Lipinski definition) is 1. The molecule has 0 unspecified atom stereocenters. The van der Waals surface area contributed by atoms with Crippen LogP contribution in [0.15, 0.2) is 18.3 Å². The van der Waals surface area contributed by atoms with Crippen LogP contribution in [-0.4, -0.2) is 80.5 Å². The molecule has 0 saturated carbocycles. The Bertz CT molecular complexity index is 693. The fourth-order valence-electron chi connectivity index (χ4n) is 4.24. The summed E-state index contributed by atoms with van der Waals surface area (Å²) in [4.78, 5) is 35.3. The zero-order chi connectivity index (χ0) is 19.4. The molecule has 7 heteroatoms. The number of nitrogens with one attached hydrogen (secondary N) is 1. The van der Waals surface area contributed by atoms with Crippen LogP contribution in [-0.2, 0) is 4.79 Å². The van der Waals surface area contributed by atoms with E-state index in [2.05, 4.69) is 20.1 Å². The van der Waals surface area contributed by atoms with Gasteiger partial charge in [0.15, 0.2) is 0 Å². The summed E-state index contributed by atoms with van der Waals surface area (Å²) in [5, 5.41) is 2.67. The fourth-order valence-corrected chi connectivity index (χ4v) is 4.24. The van der Waals surface area contributed by atoms with Crippen LogP contribution in [0, 0.1) is 5.41 Å². The number of likely N-dealkylation sites (tertiary alicyclic amines) is 1. The van der Waals surface area contributed by atoms with Crippen molar-refractivity contribution in [3.63, 3.8) is 0 Å². The van der Waals surface area contributed by atoms with E-state index >= 15 is 0 Å². The summed E-state index contributed by atoms with van der Waals surface area (Å²) in [6.45, 7) is 4.34. The summed E-state index contributed by atoms with van der Waals surface area (Å²) >= 11 is 0. The zero-order valence-corrected chi connectivity index (χ0v) is 16.7. The van der Waals surface area contributed by atoms with Crippen molar-refractivity contribution in [2.75, 3.05) is 58.8 Å². The van der Waals surface area contributed by atoms with E-state index in [0.29, 0.717) is 12.0 Å². The lowest BCUT2D eigenvalue weighted by Crippen LogP contribution is -2.55. The van der Waals surface area contributed by atoms with Gasteiger partial charge in [-0.1, -0.05) is 0 Å². The van der Waals surface area contributed by atoms with Crippen molar-refractivity contribution in [2.45, 2.75) is 25.7 Å². The summed E-state index contributed by atoms with van der Waals surface area (Å²) in [5.74, 6) is 1.04. The van der Waals surface area contributed by atoms with Crippen molar-refractivity contribution in [3.8, 4) is 0 Å². The first-order valence-electron chi connectivity index (χ1n) is 9.78. The fraction of sp³-hybridized carbons (Fsp3) is 0.650. The van der Waals surface area contributed by atoms with Crippen molar-refractivity contribution >= 4 is 17.6 Å². The van der Waals surface area contributed by atoms with Crippen LogP contribution in [0.2, 0.25) is 0 Å². The van der Waals surface area contributed by atoms with Crippen LogP contribution in [0.25, 0.3) is 0 Å². The summed E-state index contributed by atoms with van der Waals surface area (Å²) in [6.07, 6.45) is 5.50. The summed E-state index contributed by atoms with van der Waals surface area (Å²) in [7, 11) is 5.72. The van der Waals surface area contributed by atoms with Gasteiger partial charge in [-0.05, 0) is 45.5 Å². The van der Waals surface area contributed by atoms with E-state index in [0.717, 1.165) is 57.8 Å². The van der Waals surface area contributed by atoms with Crippen molar-refractivity contribution < 1.29 is 9.59 Å². The monoisotopic (exact) mass is 373 g/mol. The molecule has 1 atom stereocenters. The van der Waals surface area contributed by atoms with Crippen LogP contribution < -0.4 is 10.2 Å². The Kier molecular flexibility index (Phi) is 5.99. The first kappa shape index (κ1) is 19.6. The molecule has 2 amide bonds. The van der Waals surface area contributed by atoms with E-state index in [4.69, 9.17) is 0 Å². The molecule has 2 saturated heterocycles. The number of pyridine rings is 1. The minimum Gasteiger partial charge on any atom is -0.356 e. The summed E-state index contributed by atoms with van der Waals surface area (Å²) in [5.41, 5.74) is 0.761. The molecule has 7 nitrogen and oxygen atoms in total. The number of aromatic nitrogens is 1. The Morgan fingerprint density at radius 3 is 2.89 bits per heavy atom. The van der Waals surface area contributed by atoms with Gasteiger partial charge < -0.3 is 20.0 Å². The summed E-state index contributed by atoms with van der Waals surface area (Å²) < 4.78 is 0. The Hall–Kier alpha value is -2.15. The van der Waals surface area contributed by atoms with Crippen LogP contribution in [0.1, 0.15) is 36.0 Å². The van der Waals surface area contributed by atoms with E-state index in [-0.39, 0.29) is 17.2 Å². The Morgan fingerprint density at radius 2 is 2.15 bits per heavy atom. The topological polar surface area (TPSA) is 68.8 Å². The molecule has 2 aliphatic rings. The number of amides is 2. The number of carbonyl (C=O) groups excluding carboxylic acids is 2. The number of rotatable bonds is 5. The highest BCUT2D eigenvalue weighted by atomic mass is 16.2. The van der Waals surface area contributed by atoms with Gasteiger partial charge in [0.05, 0.1) is 0 Å². The molecule has 148 valence electrons. The lowest BCUT2D eigenvalue weighted by Gasteiger charge is -2.48. The van der Waals surface area contributed by atoms with Gasteiger partial charge in [0.25, 0.3) is 5.91 Å². The Labute approximate surface area is 161 Å². The zero-order valence-electron chi connectivity index (χ0n) is 16.7. The van der Waals surface area contributed by atoms with Crippen molar-refractivity contribution in [3.05, 3.63) is 23.9 Å². The quantitative estimate of drug-likeness (QED) is 0.840. The maximum Gasteiger partial charge on any atom is 0.251 e. The van der Waals surface area contributed by atoms with Crippen molar-refractivity contribution in [1.82, 2.24) is 20.1 Å². The number of nitrogens with zero attached hydrogens (tertiary/aromatic N) is 4. The maximum atomic E-state index is 12.4. The molecule has 1 aromatic heterocycles. The minimum atomic E-state index is -0.0940. The average molecular weight is 374 g/mol. The van der Waals surface area contributed by atoms with E-state index in [1.807, 2.05) is 25.1 Å². The molecule has 1 aromatic rings. The SMILES string of the molecule is CNC(=O)c1ccnc(N2CCC[C@]3(CCC(=O)N(CCN(C)C)C3)C2)c1. The van der Waals surface area contributed by atoms with Gasteiger partial charge in [-0.15, -0.1) is 0 Å². The number of piperidine rings is 2. The predicted octanol–water partition coefficient (Wildman–Crippen LogP) is 1.21. The molecule has 2 fully saturated rings. The van der Waals surface area contributed by atoms with Gasteiger partial charge in [-0.25, -0.2) is 4.98 Å². The molecule has 1 N–H and O–H groups in total. The van der Waals surface area contributed by atoms with E-state index in [9.17, 15) is 9.59 Å². The second kappa shape index (κ2) is 8.25. The number of anilines is 1. The largest absolute Gasteiger partial charge is 0.356 e. The average Bonchev–Trinajstić information content (AvgIpc) is 2.68. The number of hydrogen-bond acceptors (Lipinski definition) is 5. The van der Waals surface area contributed by atoms with Crippen LogP contribution in [0.5, 0.6) is 0 Å². The molecule has 0 aromatic carbocycles. The second-order valence-corrected chi connectivity index (χ2v) is 8.13. The standard InChI is InChI=1S/C20H31N5O2/c1-21-19(27)16-6-9-22-17(13-16)24-10-4-7-20(14-24)8-5-18(26)25(15-20)12-11-23(2)3/h6,9,13H,4-5,7-8,10-12,14-15H2,1-3H3,(H,21,27)/t20-/m0/s1. The van der Waals surface area contributed by atoms with Gasteiger partial charge in [0, 0.05) is 63.4 Å². The first-order chi connectivity index (χ1) is 12.9. The molecule has 27 heavy (non-hydrogen) atoms. The molecular weight excluding hydrogens is 342 g/mol. The third kappa shape index (κ3) is 4.58. The molecule has 1 spiro atoms. The molecule has 0 bridgehead atoms. The highest BCUT2D eigenvalue weighted by Crippen LogP contribution is 2.39. The van der Waals surface area contributed by atoms with Crippen molar-refractivity contribution in [1.29, 1.82) is 0 Å². The highest BCUT2D eigenvalue weighted by molar-refractivity contribution is 5.94. The van der Waals surface area contributed by atoms with Crippen LogP contribution in [0.4, 0.5) is 5.82 Å². The van der Waals surface area contributed by atoms with Gasteiger partial charge >= 0.3 is 0 Å². The smallest absolute Gasteiger partial charge is 0.251 e.